The van der Waals surface area contributed by atoms with Crippen molar-refractivity contribution in [3.8, 4) is 0 Å². The number of nitrogens with zero attached hydrogens (tertiary/aromatic N) is 1. The largest absolute Gasteiger partial charge is 0.326 e. The molecule has 2 rings (SSSR count). The van der Waals surface area contributed by atoms with Gasteiger partial charge in [0, 0.05) is 6.54 Å². The fraction of sp³-hybridized carbons (Fsp3) is 0.500. The lowest BCUT2D eigenvalue weighted by Crippen LogP contribution is -2.10. The summed E-state index contributed by atoms with van der Waals surface area (Å²) in [6, 6.07) is 9.99. The quantitative estimate of drug-likeness (QED) is 0.736. The molecule has 0 unspecified atom stereocenters. The maximum absolute atomic E-state index is 5.35. The number of likely N-dealkylation sites (tertiary alicyclic amines) is 1. The van der Waals surface area contributed by atoms with Gasteiger partial charge in [-0.1, -0.05) is 30.3 Å². The maximum Gasteiger partial charge on any atom is 0.0178 e. The Morgan fingerprint density at radius 2 is 1.71 bits per heavy atom. The zero-order valence-electron chi connectivity index (χ0n) is 8.95. The predicted molar refractivity (Wildman–Crippen MR) is 61.1 cm³/mol. The van der Waals surface area contributed by atoms with E-state index in [1.54, 1.807) is 0 Å². The Morgan fingerprint density at radius 1 is 1.14 bits per heavy atom. The van der Waals surface area contributed by atoms with Gasteiger partial charge in [0.05, 0.1) is 0 Å². The molecule has 0 atom stereocenters. The second kappa shape index (κ2) is 6.57. The van der Waals surface area contributed by atoms with Crippen molar-refractivity contribution in [2.24, 2.45) is 5.73 Å². The Bertz CT molecular complexity index is 227. The summed E-state index contributed by atoms with van der Waals surface area (Å²) in [5.74, 6) is 0. The van der Waals surface area contributed by atoms with Gasteiger partial charge in [-0.3, -0.25) is 0 Å². The lowest BCUT2D eigenvalue weighted by atomic mass is 10.2. The minimum atomic E-state index is 0.640. The van der Waals surface area contributed by atoms with Crippen molar-refractivity contribution in [1.82, 2.24) is 4.90 Å². The van der Waals surface area contributed by atoms with E-state index in [9.17, 15) is 0 Å². The molecule has 1 heterocycles. The van der Waals surface area contributed by atoms with Crippen molar-refractivity contribution < 1.29 is 0 Å². The average molecular weight is 192 g/mol. The first kappa shape index (κ1) is 11.2. The van der Waals surface area contributed by atoms with Crippen LogP contribution in [0.1, 0.15) is 18.4 Å². The summed E-state index contributed by atoms with van der Waals surface area (Å²) in [6.45, 7) is 3.28. The molecule has 2 heteroatoms. The molecular weight excluding hydrogens is 172 g/mol. The zero-order valence-corrected chi connectivity index (χ0v) is 8.95. The van der Waals surface area contributed by atoms with E-state index in [1.165, 1.54) is 31.5 Å². The van der Waals surface area contributed by atoms with Crippen molar-refractivity contribution in [3.63, 3.8) is 0 Å². The Morgan fingerprint density at radius 3 is 2.00 bits per heavy atom. The van der Waals surface area contributed by atoms with Crippen LogP contribution in [0, 0.1) is 0 Å². The molecule has 1 aliphatic heterocycles. The summed E-state index contributed by atoms with van der Waals surface area (Å²) in [4.78, 5) is 2.36. The van der Waals surface area contributed by atoms with Crippen LogP contribution in [-0.2, 0) is 6.54 Å². The van der Waals surface area contributed by atoms with E-state index in [2.05, 4.69) is 11.9 Å². The summed E-state index contributed by atoms with van der Waals surface area (Å²) in [5.41, 5.74) is 6.54. The van der Waals surface area contributed by atoms with Crippen molar-refractivity contribution in [1.29, 1.82) is 0 Å². The van der Waals surface area contributed by atoms with Gasteiger partial charge in [-0.2, -0.15) is 0 Å². The van der Waals surface area contributed by atoms with Crippen LogP contribution < -0.4 is 5.73 Å². The highest BCUT2D eigenvalue weighted by molar-refractivity contribution is 5.13. The number of rotatable bonds is 1. The molecule has 0 saturated carbocycles. The van der Waals surface area contributed by atoms with Gasteiger partial charge in [0.15, 0.2) is 0 Å². The summed E-state index contributed by atoms with van der Waals surface area (Å²) >= 11 is 0. The van der Waals surface area contributed by atoms with Crippen LogP contribution >= 0.6 is 0 Å². The molecule has 2 nitrogen and oxygen atoms in total. The van der Waals surface area contributed by atoms with E-state index in [-0.39, 0.29) is 0 Å². The van der Waals surface area contributed by atoms with Crippen molar-refractivity contribution in [3.05, 3.63) is 35.9 Å². The smallest absolute Gasteiger partial charge is 0.0178 e. The maximum atomic E-state index is 5.35. The van der Waals surface area contributed by atoms with Gasteiger partial charge in [0.2, 0.25) is 0 Å². The Labute approximate surface area is 86.7 Å². The van der Waals surface area contributed by atoms with Crippen molar-refractivity contribution in [2.45, 2.75) is 19.4 Å². The molecule has 2 N–H and O–H groups in total. The van der Waals surface area contributed by atoms with Crippen molar-refractivity contribution >= 4 is 0 Å². The summed E-state index contributed by atoms with van der Waals surface area (Å²) < 4.78 is 0. The van der Waals surface area contributed by atoms with E-state index in [0.29, 0.717) is 6.54 Å². The van der Waals surface area contributed by atoms with Gasteiger partial charge in [0.25, 0.3) is 0 Å². The lowest BCUT2D eigenvalue weighted by Gasteiger charge is -2.01. The first-order chi connectivity index (χ1) is 6.83. The Kier molecular flexibility index (Phi) is 5.27. The Balaban J connectivity index is 0.000000146. The standard InChI is InChI=1S/C7H9N.C5H11N/c8-6-7-4-2-1-3-5-7;1-6-4-2-3-5-6/h1-5H,6,8H2;2-5H2,1H3. The third kappa shape index (κ3) is 4.40. The number of benzene rings is 1. The second-order valence-corrected chi connectivity index (χ2v) is 3.70. The van der Waals surface area contributed by atoms with Crippen LogP contribution in [0.5, 0.6) is 0 Å². The van der Waals surface area contributed by atoms with Crippen LogP contribution in [-0.4, -0.2) is 25.0 Å². The summed E-state index contributed by atoms with van der Waals surface area (Å²) in [5, 5.41) is 0. The van der Waals surface area contributed by atoms with E-state index in [1.807, 2.05) is 30.3 Å². The van der Waals surface area contributed by atoms with Gasteiger partial charge >= 0.3 is 0 Å². The van der Waals surface area contributed by atoms with Gasteiger partial charge in [0.1, 0.15) is 0 Å². The summed E-state index contributed by atoms with van der Waals surface area (Å²) in [6.07, 6.45) is 2.83. The van der Waals surface area contributed by atoms with E-state index >= 15 is 0 Å². The fourth-order valence-electron chi connectivity index (χ4n) is 1.49. The highest BCUT2D eigenvalue weighted by Gasteiger charge is 2.03. The normalized spacial score (nSPS) is 16.1. The third-order valence-electron chi connectivity index (χ3n) is 2.41. The average Bonchev–Trinajstić information content (AvgIpc) is 2.71. The van der Waals surface area contributed by atoms with Gasteiger partial charge in [-0.25, -0.2) is 0 Å². The summed E-state index contributed by atoms with van der Waals surface area (Å²) in [7, 11) is 2.17. The molecule has 78 valence electrons. The lowest BCUT2D eigenvalue weighted by molar-refractivity contribution is 0.418. The van der Waals surface area contributed by atoms with E-state index in [4.69, 9.17) is 5.73 Å². The molecule has 1 saturated heterocycles. The molecule has 1 aromatic rings. The molecular formula is C12H20N2. The van der Waals surface area contributed by atoms with Gasteiger partial charge < -0.3 is 10.6 Å². The molecule has 0 amide bonds. The highest BCUT2D eigenvalue weighted by Crippen LogP contribution is 2.02. The second-order valence-electron chi connectivity index (χ2n) is 3.70. The molecule has 0 radical (unpaired) electrons. The van der Waals surface area contributed by atoms with Crippen LogP contribution in [0.4, 0.5) is 0 Å². The van der Waals surface area contributed by atoms with E-state index < -0.39 is 0 Å². The number of hydrogen-bond acceptors (Lipinski definition) is 2. The van der Waals surface area contributed by atoms with Crippen LogP contribution in [0.15, 0.2) is 30.3 Å². The Hall–Kier alpha value is -0.860. The third-order valence-corrected chi connectivity index (χ3v) is 2.41. The number of nitrogens with two attached hydrogens (primary N) is 1. The van der Waals surface area contributed by atoms with Crippen molar-refractivity contribution in [2.75, 3.05) is 20.1 Å². The SMILES string of the molecule is CN1CCCC1.NCc1ccccc1. The molecule has 1 aromatic carbocycles. The molecule has 1 aliphatic rings. The minimum absolute atomic E-state index is 0.640. The van der Waals surface area contributed by atoms with Crippen LogP contribution in [0.25, 0.3) is 0 Å². The molecule has 0 spiro atoms. The molecule has 0 aliphatic carbocycles. The van der Waals surface area contributed by atoms with Crippen LogP contribution in [0.3, 0.4) is 0 Å². The minimum Gasteiger partial charge on any atom is -0.326 e. The first-order valence-corrected chi connectivity index (χ1v) is 5.25. The topological polar surface area (TPSA) is 29.3 Å². The highest BCUT2D eigenvalue weighted by atomic mass is 15.1. The molecule has 1 fully saturated rings. The molecule has 14 heavy (non-hydrogen) atoms. The first-order valence-electron chi connectivity index (χ1n) is 5.25. The zero-order chi connectivity index (χ0) is 10.2. The fourth-order valence-corrected chi connectivity index (χ4v) is 1.49. The molecule has 0 bridgehead atoms. The molecule has 0 aromatic heterocycles. The van der Waals surface area contributed by atoms with Gasteiger partial charge in [-0.15, -0.1) is 0 Å². The number of hydrogen-bond donors (Lipinski definition) is 1. The monoisotopic (exact) mass is 192 g/mol. The predicted octanol–water partition coefficient (Wildman–Crippen LogP) is 1.86. The van der Waals surface area contributed by atoms with Crippen LogP contribution in [0.2, 0.25) is 0 Å². The van der Waals surface area contributed by atoms with Gasteiger partial charge in [-0.05, 0) is 38.5 Å². The van der Waals surface area contributed by atoms with E-state index in [0.717, 1.165) is 0 Å².